The number of hydrogen-bond donors (Lipinski definition) is 1. The minimum Gasteiger partial charge on any atom is -0.301 e. The quantitative estimate of drug-likeness (QED) is 0.259. The summed E-state index contributed by atoms with van der Waals surface area (Å²) in [6, 6.07) is 31.3. The predicted octanol–water partition coefficient (Wildman–Crippen LogP) is 7.10. The molecule has 3 aliphatic carbocycles. The lowest BCUT2D eigenvalue weighted by atomic mass is 9.47. The summed E-state index contributed by atoms with van der Waals surface area (Å²) in [6.07, 6.45) is 4.70. The number of benzene rings is 3. The van der Waals surface area contributed by atoms with E-state index in [1.165, 1.54) is 11.3 Å². The molecule has 2 aromatic heterocycles. The number of nitrogens with zero attached hydrogens (tertiary/aromatic N) is 3. The zero-order valence-corrected chi connectivity index (χ0v) is 22.8. The molecule has 194 valence electrons. The van der Waals surface area contributed by atoms with E-state index in [0.29, 0.717) is 18.0 Å². The Labute approximate surface area is 237 Å². The number of fused-ring (bicyclic) bond motifs is 1. The first-order chi connectivity index (χ1) is 19.5. The van der Waals surface area contributed by atoms with Crippen LogP contribution >= 0.6 is 11.3 Å². The van der Waals surface area contributed by atoms with Crippen molar-refractivity contribution in [2.45, 2.75) is 31.1 Å². The number of pyridine rings is 1. The second-order valence-corrected chi connectivity index (χ2v) is 11.8. The van der Waals surface area contributed by atoms with E-state index in [1.807, 2.05) is 48.7 Å². The van der Waals surface area contributed by atoms with Crippen molar-refractivity contribution in [1.82, 2.24) is 9.97 Å². The predicted molar refractivity (Wildman–Crippen MR) is 157 cm³/mol. The Morgan fingerprint density at radius 2 is 1.68 bits per heavy atom. The van der Waals surface area contributed by atoms with Crippen molar-refractivity contribution in [3.8, 4) is 17.2 Å². The number of rotatable bonds is 5. The van der Waals surface area contributed by atoms with Crippen molar-refractivity contribution >= 4 is 22.4 Å². The molecule has 1 unspecified atom stereocenters. The number of amides is 1. The summed E-state index contributed by atoms with van der Waals surface area (Å²) in [5, 5.41) is 16.3. The number of nitriles is 1. The summed E-state index contributed by atoms with van der Waals surface area (Å²) >= 11 is 1.44. The first-order valence-corrected chi connectivity index (χ1v) is 14.2. The SMILES string of the molecule is CC1(C(=O)Nc2nc(Cc3cccc(-c4ccncc4)c3)cs2)CC2(C#N)c3ccccc3C1c1ccccc12. The molecule has 2 heterocycles. The number of hydrogen-bond acceptors (Lipinski definition) is 5. The number of nitrogens with one attached hydrogen (secondary N) is 1. The molecular weight excluding hydrogens is 512 g/mol. The van der Waals surface area contributed by atoms with Gasteiger partial charge in [0.15, 0.2) is 5.13 Å². The van der Waals surface area contributed by atoms with Crippen molar-refractivity contribution in [3.05, 3.63) is 136 Å². The third-order valence-electron chi connectivity index (χ3n) is 8.54. The van der Waals surface area contributed by atoms with Crippen LogP contribution in [0.25, 0.3) is 11.1 Å². The molecule has 0 saturated heterocycles. The molecule has 6 heteroatoms. The molecule has 5 aromatic rings. The van der Waals surface area contributed by atoms with Crippen LogP contribution in [0.15, 0.2) is 103 Å². The van der Waals surface area contributed by atoms with E-state index in [4.69, 9.17) is 4.98 Å². The van der Waals surface area contributed by atoms with Crippen molar-refractivity contribution < 1.29 is 4.79 Å². The Kier molecular flexibility index (Phi) is 5.65. The molecule has 0 aliphatic heterocycles. The van der Waals surface area contributed by atoms with Gasteiger partial charge >= 0.3 is 0 Å². The van der Waals surface area contributed by atoms with E-state index in [0.717, 1.165) is 44.6 Å². The van der Waals surface area contributed by atoms with Gasteiger partial charge in [-0.15, -0.1) is 11.3 Å². The fourth-order valence-electron chi connectivity index (χ4n) is 6.79. The van der Waals surface area contributed by atoms with Crippen LogP contribution in [0.1, 0.15) is 52.8 Å². The molecule has 5 nitrogen and oxygen atoms in total. The maximum Gasteiger partial charge on any atom is 0.233 e. The molecule has 0 fully saturated rings. The van der Waals surface area contributed by atoms with Crippen molar-refractivity contribution in [1.29, 1.82) is 5.26 Å². The molecule has 1 amide bonds. The molecule has 1 N–H and O–H groups in total. The van der Waals surface area contributed by atoms with Crippen LogP contribution in [0.2, 0.25) is 0 Å². The zero-order valence-electron chi connectivity index (χ0n) is 22.0. The summed E-state index contributed by atoms with van der Waals surface area (Å²) in [4.78, 5) is 23.0. The lowest BCUT2D eigenvalue weighted by molar-refractivity contribution is -0.127. The van der Waals surface area contributed by atoms with Crippen molar-refractivity contribution in [3.63, 3.8) is 0 Å². The van der Waals surface area contributed by atoms with Crippen LogP contribution in [0.4, 0.5) is 5.13 Å². The largest absolute Gasteiger partial charge is 0.301 e. The lowest BCUT2D eigenvalue weighted by Gasteiger charge is -2.54. The first-order valence-electron chi connectivity index (χ1n) is 13.4. The Balaban J connectivity index is 1.17. The van der Waals surface area contributed by atoms with Crippen LogP contribution < -0.4 is 5.32 Å². The molecule has 40 heavy (non-hydrogen) atoms. The molecular formula is C34H26N4OS. The fraction of sp³-hybridized carbons (Fsp3) is 0.176. The molecule has 0 spiro atoms. The highest BCUT2D eigenvalue weighted by molar-refractivity contribution is 7.13. The van der Waals surface area contributed by atoms with E-state index in [1.54, 1.807) is 12.4 Å². The van der Waals surface area contributed by atoms with Crippen LogP contribution in [0.3, 0.4) is 0 Å². The van der Waals surface area contributed by atoms with Gasteiger partial charge in [-0.25, -0.2) is 4.98 Å². The molecule has 8 rings (SSSR count). The Morgan fingerprint density at radius 1 is 0.975 bits per heavy atom. The zero-order chi connectivity index (χ0) is 27.3. The van der Waals surface area contributed by atoms with Crippen molar-refractivity contribution in [2.75, 3.05) is 5.32 Å². The number of carbonyl (C=O) groups is 1. The molecule has 0 saturated carbocycles. The molecule has 3 aliphatic rings. The highest BCUT2D eigenvalue weighted by Crippen LogP contribution is 2.63. The smallest absolute Gasteiger partial charge is 0.233 e. The minimum absolute atomic E-state index is 0.0956. The van der Waals surface area contributed by atoms with Gasteiger partial charge < -0.3 is 5.32 Å². The van der Waals surface area contributed by atoms with Gasteiger partial charge in [-0.05, 0) is 64.4 Å². The van der Waals surface area contributed by atoms with Gasteiger partial charge in [-0.2, -0.15) is 5.26 Å². The maximum atomic E-state index is 14.1. The molecule has 3 aromatic carbocycles. The first kappa shape index (κ1) is 24.4. The van der Waals surface area contributed by atoms with Crippen LogP contribution in [-0.2, 0) is 16.6 Å². The number of thiazole rings is 1. The summed E-state index contributed by atoms with van der Waals surface area (Å²) in [5.74, 6) is -0.229. The minimum atomic E-state index is -0.859. The normalized spacial score (nSPS) is 22.1. The highest BCUT2D eigenvalue weighted by atomic mass is 32.1. The average molecular weight is 539 g/mol. The van der Waals surface area contributed by atoms with Gasteiger partial charge in [0.25, 0.3) is 0 Å². The van der Waals surface area contributed by atoms with Gasteiger partial charge in [0, 0.05) is 30.1 Å². The Hall–Kier alpha value is -4.60. The fourth-order valence-corrected chi connectivity index (χ4v) is 7.49. The topological polar surface area (TPSA) is 78.7 Å². The Morgan fingerprint density at radius 3 is 2.38 bits per heavy atom. The van der Waals surface area contributed by atoms with E-state index in [9.17, 15) is 10.1 Å². The Bertz CT molecular complexity index is 1760. The van der Waals surface area contributed by atoms with Gasteiger partial charge in [0.1, 0.15) is 5.41 Å². The van der Waals surface area contributed by atoms with Gasteiger partial charge in [-0.1, -0.05) is 72.8 Å². The number of anilines is 1. The summed E-state index contributed by atoms with van der Waals surface area (Å²) in [7, 11) is 0. The lowest BCUT2D eigenvalue weighted by Crippen LogP contribution is -2.53. The van der Waals surface area contributed by atoms with Crippen LogP contribution in [0, 0.1) is 16.7 Å². The highest BCUT2D eigenvalue weighted by Gasteiger charge is 2.61. The van der Waals surface area contributed by atoms with Crippen LogP contribution in [-0.4, -0.2) is 15.9 Å². The third-order valence-corrected chi connectivity index (χ3v) is 9.35. The van der Waals surface area contributed by atoms with Gasteiger partial charge in [0.05, 0.1) is 17.2 Å². The maximum absolute atomic E-state index is 14.1. The van der Waals surface area contributed by atoms with Gasteiger partial charge in [0.2, 0.25) is 5.91 Å². The summed E-state index contributed by atoms with van der Waals surface area (Å²) in [6.45, 7) is 2.00. The monoisotopic (exact) mass is 538 g/mol. The number of aromatic nitrogens is 2. The summed E-state index contributed by atoms with van der Waals surface area (Å²) in [5.41, 5.74) is 6.85. The van der Waals surface area contributed by atoms with Gasteiger partial charge in [-0.3, -0.25) is 9.78 Å². The standard InChI is InChI=1S/C34H26N4OS/c1-33(20-34(21-35)28-11-4-2-9-26(28)30(33)27-10-3-5-12-29(27)34)31(39)38-32-37-25(19-40-32)18-22-7-6-8-24(17-22)23-13-15-36-16-14-23/h2-17,19,30H,18,20H2,1H3,(H,37,38,39). The third kappa shape index (κ3) is 3.70. The van der Waals surface area contributed by atoms with E-state index in [2.05, 4.69) is 64.9 Å². The summed E-state index contributed by atoms with van der Waals surface area (Å²) < 4.78 is 0. The molecule has 2 bridgehead atoms. The van der Waals surface area contributed by atoms with E-state index >= 15 is 0 Å². The van der Waals surface area contributed by atoms with E-state index in [-0.39, 0.29) is 11.8 Å². The van der Waals surface area contributed by atoms with Crippen molar-refractivity contribution in [2.24, 2.45) is 5.41 Å². The second kappa shape index (κ2) is 9.25. The van der Waals surface area contributed by atoms with Crippen LogP contribution in [0.5, 0.6) is 0 Å². The second-order valence-electron chi connectivity index (χ2n) is 10.9. The average Bonchev–Trinajstić information content (AvgIpc) is 3.44. The molecule has 1 atom stereocenters. The van der Waals surface area contributed by atoms with E-state index < -0.39 is 10.8 Å². The molecule has 0 radical (unpaired) electrons. The number of carbonyl (C=O) groups excluding carboxylic acids is 1.